The average Bonchev–Trinajstić information content (AvgIpc) is 2.39. The Labute approximate surface area is 95.5 Å². The summed E-state index contributed by atoms with van der Waals surface area (Å²) in [6.45, 7) is 1.73. The van der Waals surface area contributed by atoms with Gasteiger partial charge in [0.25, 0.3) is 0 Å². The molecule has 1 amide bonds. The van der Waals surface area contributed by atoms with Crippen molar-refractivity contribution in [3.63, 3.8) is 0 Å². The molecule has 2 heterocycles. The Balaban J connectivity index is 1.93. The van der Waals surface area contributed by atoms with Crippen molar-refractivity contribution in [2.24, 2.45) is 5.73 Å². The zero-order valence-corrected chi connectivity index (χ0v) is 9.30. The minimum atomic E-state index is 0.0551. The van der Waals surface area contributed by atoms with Crippen LogP contribution in [0, 0.1) is 0 Å². The maximum Gasteiger partial charge on any atom is 0.236 e. The van der Waals surface area contributed by atoms with E-state index >= 15 is 0 Å². The molecule has 2 N–H and O–H groups in total. The largest absolute Gasteiger partial charge is 0.342 e. The normalized spacial score (nSPS) is 17.4. The van der Waals surface area contributed by atoms with Gasteiger partial charge in [0.2, 0.25) is 5.91 Å². The van der Waals surface area contributed by atoms with Crippen LogP contribution in [0.2, 0.25) is 0 Å². The highest BCUT2D eigenvalue weighted by atomic mass is 16.2. The summed E-state index contributed by atoms with van der Waals surface area (Å²) in [5.74, 6) is 0.544. The Hall–Kier alpha value is -1.42. The van der Waals surface area contributed by atoms with Gasteiger partial charge in [-0.15, -0.1) is 0 Å². The Kier molecular flexibility index (Phi) is 3.51. The molecule has 2 rings (SSSR count). The molecule has 0 atom stereocenters. The number of nitrogens with zero attached hydrogens (tertiary/aromatic N) is 2. The number of nitrogens with two attached hydrogens (primary N) is 1. The van der Waals surface area contributed by atoms with Crippen LogP contribution < -0.4 is 5.73 Å². The first-order chi connectivity index (χ1) is 7.81. The predicted octanol–water partition coefficient (Wildman–Crippen LogP) is 0.746. The van der Waals surface area contributed by atoms with Gasteiger partial charge in [-0.05, 0) is 25.0 Å². The van der Waals surface area contributed by atoms with Gasteiger partial charge in [-0.3, -0.25) is 9.78 Å². The highest BCUT2D eigenvalue weighted by molar-refractivity contribution is 5.78. The summed E-state index contributed by atoms with van der Waals surface area (Å²) in [6, 6.07) is 6.00. The first-order valence-corrected chi connectivity index (χ1v) is 5.70. The van der Waals surface area contributed by atoms with Gasteiger partial charge in [0.05, 0.1) is 6.54 Å². The molecule has 1 aromatic rings. The van der Waals surface area contributed by atoms with Crippen molar-refractivity contribution < 1.29 is 4.79 Å². The fourth-order valence-corrected chi connectivity index (χ4v) is 2.17. The van der Waals surface area contributed by atoms with E-state index in [-0.39, 0.29) is 12.5 Å². The molecule has 4 nitrogen and oxygen atoms in total. The molecule has 1 aliphatic rings. The second-order valence-electron chi connectivity index (χ2n) is 4.11. The molecule has 0 aromatic carbocycles. The zero-order valence-electron chi connectivity index (χ0n) is 9.30. The fourth-order valence-electron chi connectivity index (χ4n) is 2.17. The number of rotatable bonds is 2. The van der Waals surface area contributed by atoms with E-state index in [0.717, 1.165) is 31.6 Å². The predicted molar refractivity (Wildman–Crippen MR) is 61.8 cm³/mol. The van der Waals surface area contributed by atoms with Crippen molar-refractivity contribution in [3.05, 3.63) is 30.1 Å². The average molecular weight is 219 g/mol. The molecule has 0 unspecified atom stereocenters. The van der Waals surface area contributed by atoms with Crippen LogP contribution in [-0.4, -0.2) is 35.4 Å². The summed E-state index contributed by atoms with van der Waals surface area (Å²) < 4.78 is 0. The van der Waals surface area contributed by atoms with Gasteiger partial charge in [-0.1, -0.05) is 6.07 Å². The van der Waals surface area contributed by atoms with Crippen molar-refractivity contribution in [1.29, 1.82) is 0 Å². The second-order valence-corrected chi connectivity index (χ2v) is 4.11. The van der Waals surface area contributed by atoms with Crippen molar-refractivity contribution in [2.45, 2.75) is 18.8 Å². The number of piperidine rings is 1. The summed E-state index contributed by atoms with van der Waals surface area (Å²) in [5, 5.41) is 0. The lowest BCUT2D eigenvalue weighted by Crippen LogP contribution is -2.41. The summed E-state index contributed by atoms with van der Waals surface area (Å²) >= 11 is 0. The highest BCUT2D eigenvalue weighted by Crippen LogP contribution is 2.26. The molecular weight excluding hydrogens is 202 g/mol. The molecule has 0 spiro atoms. The summed E-state index contributed by atoms with van der Waals surface area (Å²) in [7, 11) is 0. The van der Waals surface area contributed by atoms with Crippen LogP contribution in [0.25, 0.3) is 0 Å². The number of aromatic nitrogens is 1. The summed E-state index contributed by atoms with van der Waals surface area (Å²) in [4.78, 5) is 17.6. The van der Waals surface area contributed by atoms with E-state index in [1.54, 1.807) is 0 Å². The highest BCUT2D eigenvalue weighted by Gasteiger charge is 2.23. The monoisotopic (exact) mass is 219 g/mol. The van der Waals surface area contributed by atoms with Crippen LogP contribution in [0.15, 0.2) is 24.4 Å². The molecule has 1 aromatic heterocycles. The van der Waals surface area contributed by atoms with Crippen LogP contribution in [0.5, 0.6) is 0 Å². The van der Waals surface area contributed by atoms with Crippen LogP contribution in [0.4, 0.5) is 0 Å². The van der Waals surface area contributed by atoms with Crippen LogP contribution >= 0.6 is 0 Å². The number of hydrogen-bond donors (Lipinski definition) is 1. The molecule has 86 valence electrons. The van der Waals surface area contributed by atoms with Gasteiger partial charge >= 0.3 is 0 Å². The smallest absolute Gasteiger partial charge is 0.236 e. The maximum absolute atomic E-state index is 11.4. The van der Waals surface area contributed by atoms with E-state index < -0.39 is 0 Å². The number of carbonyl (C=O) groups is 1. The van der Waals surface area contributed by atoms with Crippen molar-refractivity contribution >= 4 is 5.91 Å². The molecule has 1 fully saturated rings. The van der Waals surface area contributed by atoms with E-state index in [1.807, 2.05) is 23.2 Å². The number of amides is 1. The Morgan fingerprint density at radius 3 is 2.75 bits per heavy atom. The molecule has 0 aliphatic carbocycles. The van der Waals surface area contributed by atoms with Crippen LogP contribution in [0.1, 0.15) is 24.5 Å². The molecule has 16 heavy (non-hydrogen) atoms. The third-order valence-electron chi connectivity index (χ3n) is 3.13. The minimum absolute atomic E-state index is 0.0551. The van der Waals surface area contributed by atoms with E-state index in [9.17, 15) is 4.79 Å². The SMILES string of the molecule is NCC(=O)N1CCC(c2ccccn2)CC1. The van der Waals surface area contributed by atoms with Gasteiger partial charge in [-0.2, -0.15) is 0 Å². The van der Waals surface area contributed by atoms with Crippen LogP contribution in [-0.2, 0) is 4.79 Å². The third-order valence-corrected chi connectivity index (χ3v) is 3.13. The minimum Gasteiger partial charge on any atom is -0.342 e. The Morgan fingerprint density at radius 1 is 1.44 bits per heavy atom. The molecular formula is C12H17N3O. The quantitative estimate of drug-likeness (QED) is 0.798. The summed E-state index contributed by atoms with van der Waals surface area (Å²) in [6.07, 6.45) is 3.80. The van der Waals surface area contributed by atoms with Crippen molar-refractivity contribution in [2.75, 3.05) is 19.6 Å². The first-order valence-electron chi connectivity index (χ1n) is 5.70. The zero-order chi connectivity index (χ0) is 11.4. The van der Waals surface area contributed by atoms with Crippen molar-refractivity contribution in [3.8, 4) is 0 Å². The van der Waals surface area contributed by atoms with Gasteiger partial charge in [-0.25, -0.2) is 0 Å². The molecule has 4 heteroatoms. The Morgan fingerprint density at radius 2 is 2.19 bits per heavy atom. The van der Waals surface area contributed by atoms with E-state index in [2.05, 4.69) is 11.1 Å². The lowest BCUT2D eigenvalue weighted by molar-refractivity contribution is -0.130. The maximum atomic E-state index is 11.4. The Bertz CT molecular complexity index is 345. The van der Waals surface area contributed by atoms with Gasteiger partial charge < -0.3 is 10.6 Å². The molecule has 0 radical (unpaired) electrons. The molecule has 1 saturated heterocycles. The molecule has 0 bridgehead atoms. The third kappa shape index (κ3) is 2.39. The van der Waals surface area contributed by atoms with E-state index in [4.69, 9.17) is 5.73 Å². The summed E-state index contributed by atoms with van der Waals surface area (Å²) in [5.41, 5.74) is 6.49. The fraction of sp³-hybridized carbons (Fsp3) is 0.500. The van der Waals surface area contributed by atoms with Gasteiger partial charge in [0.1, 0.15) is 0 Å². The number of pyridine rings is 1. The second kappa shape index (κ2) is 5.07. The number of hydrogen-bond acceptors (Lipinski definition) is 3. The first kappa shape index (κ1) is 11.1. The number of carbonyl (C=O) groups excluding carboxylic acids is 1. The standard InChI is InChI=1S/C12H17N3O/c13-9-12(16)15-7-4-10(5-8-15)11-3-1-2-6-14-11/h1-3,6,10H,4-5,7-9,13H2. The van der Waals surface area contributed by atoms with Gasteiger partial charge in [0, 0.05) is 30.9 Å². The topological polar surface area (TPSA) is 59.2 Å². The van der Waals surface area contributed by atoms with E-state index in [0.29, 0.717) is 5.92 Å². The molecule has 1 aliphatic heterocycles. The van der Waals surface area contributed by atoms with E-state index in [1.165, 1.54) is 0 Å². The number of likely N-dealkylation sites (tertiary alicyclic amines) is 1. The van der Waals surface area contributed by atoms with Crippen LogP contribution in [0.3, 0.4) is 0 Å². The van der Waals surface area contributed by atoms with Crippen molar-refractivity contribution in [1.82, 2.24) is 9.88 Å². The molecule has 0 saturated carbocycles. The lowest BCUT2D eigenvalue weighted by Gasteiger charge is -2.31. The lowest BCUT2D eigenvalue weighted by atomic mass is 9.93. The van der Waals surface area contributed by atoms with Gasteiger partial charge in [0.15, 0.2) is 0 Å².